The third-order valence-electron chi connectivity index (χ3n) is 2.96. The molecule has 0 aliphatic carbocycles. The van der Waals surface area contributed by atoms with E-state index in [2.05, 4.69) is 5.32 Å². The van der Waals surface area contributed by atoms with Gasteiger partial charge in [0.2, 0.25) is 15.9 Å². The first-order valence-electron chi connectivity index (χ1n) is 6.81. The minimum atomic E-state index is -3.56. The van der Waals surface area contributed by atoms with Crippen LogP contribution in [0.1, 0.15) is 12.5 Å². The summed E-state index contributed by atoms with van der Waals surface area (Å²) in [6.45, 7) is 1.86. The summed E-state index contributed by atoms with van der Waals surface area (Å²) in [5.41, 5.74) is 0.641. The molecule has 0 bridgehead atoms. The molecule has 0 radical (unpaired) electrons. The number of hydrogen-bond donors (Lipinski definition) is 1. The summed E-state index contributed by atoms with van der Waals surface area (Å²) in [5, 5.41) is 3.38. The number of methoxy groups -OCH3 is 1. The Bertz CT molecular complexity index is 652. The van der Waals surface area contributed by atoms with Crippen LogP contribution in [0.25, 0.3) is 0 Å². The minimum absolute atomic E-state index is 0.0296. The third kappa shape index (κ3) is 7.05. The summed E-state index contributed by atoms with van der Waals surface area (Å²) in [7, 11) is -2.04. The van der Waals surface area contributed by atoms with Gasteiger partial charge in [-0.3, -0.25) is 4.79 Å². The quantitative estimate of drug-likeness (QED) is 0.744. The Morgan fingerprint density at radius 2 is 2.00 bits per heavy atom. The Morgan fingerprint density at radius 1 is 1.35 bits per heavy atom. The molecular weight excluding hydrogens is 363 g/mol. The number of carbonyl (C=O) groups is 1. The predicted molar refractivity (Wildman–Crippen MR) is 91.2 cm³/mol. The van der Waals surface area contributed by atoms with Gasteiger partial charge in [-0.2, -0.15) is 4.31 Å². The normalized spacial score (nSPS) is 13.1. The second kappa shape index (κ2) is 8.84. The van der Waals surface area contributed by atoms with Crippen LogP contribution in [0.5, 0.6) is 0 Å². The molecule has 0 aliphatic rings. The van der Waals surface area contributed by atoms with Crippen molar-refractivity contribution in [2.45, 2.75) is 19.5 Å². The topological polar surface area (TPSA) is 75.7 Å². The molecule has 130 valence electrons. The van der Waals surface area contributed by atoms with Crippen LogP contribution in [-0.4, -0.2) is 51.2 Å². The number of carbonyl (C=O) groups excluding carboxylic acids is 1. The monoisotopic (exact) mass is 382 g/mol. The van der Waals surface area contributed by atoms with Crippen molar-refractivity contribution in [3.63, 3.8) is 0 Å². The van der Waals surface area contributed by atoms with Gasteiger partial charge in [0.25, 0.3) is 0 Å². The highest BCUT2D eigenvalue weighted by Gasteiger charge is 2.21. The standard InChI is InChI=1S/C14H20Cl2N2O4S/c1-10(9-22-2)17-14(19)8-18(23(3,20)21)7-11-4-5-12(15)13(16)6-11/h4-6,10H,7-9H2,1-3H3,(H,17,19)/t10-/m0/s1. The largest absolute Gasteiger partial charge is 0.383 e. The number of amides is 1. The lowest BCUT2D eigenvalue weighted by molar-refractivity contribution is -0.122. The van der Waals surface area contributed by atoms with Gasteiger partial charge in [-0.05, 0) is 24.6 Å². The number of hydrogen-bond acceptors (Lipinski definition) is 4. The van der Waals surface area contributed by atoms with E-state index in [-0.39, 0.29) is 19.1 Å². The second-order valence-electron chi connectivity index (χ2n) is 5.20. The predicted octanol–water partition coefficient (Wildman–Crippen LogP) is 1.91. The van der Waals surface area contributed by atoms with Crippen molar-refractivity contribution < 1.29 is 17.9 Å². The van der Waals surface area contributed by atoms with Crippen molar-refractivity contribution in [1.29, 1.82) is 0 Å². The number of nitrogens with zero attached hydrogens (tertiary/aromatic N) is 1. The van der Waals surface area contributed by atoms with E-state index < -0.39 is 15.9 Å². The van der Waals surface area contributed by atoms with E-state index in [0.29, 0.717) is 22.2 Å². The molecule has 6 nitrogen and oxygen atoms in total. The van der Waals surface area contributed by atoms with Gasteiger partial charge in [0, 0.05) is 19.7 Å². The van der Waals surface area contributed by atoms with Crippen molar-refractivity contribution in [2.24, 2.45) is 0 Å². The molecule has 0 aliphatic heterocycles. The molecule has 9 heteroatoms. The number of nitrogens with one attached hydrogen (secondary N) is 1. The lowest BCUT2D eigenvalue weighted by Crippen LogP contribution is -2.44. The molecule has 1 N–H and O–H groups in total. The van der Waals surface area contributed by atoms with Crippen LogP contribution in [0.3, 0.4) is 0 Å². The van der Waals surface area contributed by atoms with Gasteiger partial charge >= 0.3 is 0 Å². The van der Waals surface area contributed by atoms with Crippen molar-refractivity contribution >= 4 is 39.1 Å². The summed E-state index contributed by atoms with van der Waals surface area (Å²) in [4.78, 5) is 12.0. The SMILES string of the molecule is COC[C@H](C)NC(=O)CN(Cc1ccc(Cl)c(Cl)c1)S(C)(=O)=O. The third-order valence-corrected chi connectivity index (χ3v) is 4.89. The summed E-state index contributed by atoms with van der Waals surface area (Å²) in [5.74, 6) is -0.403. The molecule has 1 atom stereocenters. The van der Waals surface area contributed by atoms with Crippen LogP contribution in [0.2, 0.25) is 10.0 Å². The molecule has 0 saturated carbocycles. The summed E-state index contributed by atoms with van der Waals surface area (Å²) >= 11 is 11.8. The van der Waals surface area contributed by atoms with E-state index in [0.717, 1.165) is 10.6 Å². The molecule has 0 aromatic heterocycles. The first kappa shape index (κ1) is 20.2. The number of sulfonamides is 1. The van der Waals surface area contributed by atoms with E-state index in [1.54, 1.807) is 25.1 Å². The zero-order valence-electron chi connectivity index (χ0n) is 13.2. The van der Waals surface area contributed by atoms with Crippen molar-refractivity contribution in [3.8, 4) is 0 Å². The Morgan fingerprint density at radius 3 is 2.52 bits per heavy atom. The Balaban J connectivity index is 2.81. The number of benzene rings is 1. The fraction of sp³-hybridized carbons (Fsp3) is 0.500. The smallest absolute Gasteiger partial charge is 0.235 e. The lowest BCUT2D eigenvalue weighted by Gasteiger charge is -2.21. The van der Waals surface area contributed by atoms with Gasteiger partial charge in [0.15, 0.2) is 0 Å². The number of halogens is 2. The summed E-state index contributed by atoms with van der Waals surface area (Å²) < 4.78 is 29.8. The van der Waals surface area contributed by atoms with Gasteiger partial charge < -0.3 is 10.1 Å². The number of ether oxygens (including phenoxy) is 1. The summed E-state index contributed by atoms with van der Waals surface area (Å²) in [6, 6.07) is 4.62. The van der Waals surface area contributed by atoms with Crippen molar-refractivity contribution in [1.82, 2.24) is 9.62 Å². The molecule has 1 rings (SSSR count). The minimum Gasteiger partial charge on any atom is -0.383 e. The molecule has 1 aromatic carbocycles. The first-order valence-corrected chi connectivity index (χ1v) is 9.41. The number of rotatable bonds is 8. The van der Waals surface area contributed by atoms with Crippen LogP contribution in [0, 0.1) is 0 Å². The van der Waals surface area contributed by atoms with Crippen molar-refractivity contribution in [3.05, 3.63) is 33.8 Å². The van der Waals surface area contributed by atoms with E-state index in [1.165, 1.54) is 7.11 Å². The van der Waals surface area contributed by atoms with Gasteiger partial charge in [-0.25, -0.2) is 8.42 Å². The zero-order chi connectivity index (χ0) is 17.6. The average Bonchev–Trinajstić information content (AvgIpc) is 2.41. The molecule has 0 fully saturated rings. The molecule has 1 amide bonds. The molecule has 0 heterocycles. The van der Waals surface area contributed by atoms with Gasteiger partial charge in [-0.15, -0.1) is 0 Å². The van der Waals surface area contributed by atoms with E-state index in [1.807, 2.05) is 0 Å². The Hall–Kier alpha value is -0.860. The van der Waals surface area contributed by atoms with Gasteiger partial charge in [-0.1, -0.05) is 29.3 Å². The Labute approximate surface area is 146 Å². The van der Waals surface area contributed by atoms with Crippen LogP contribution in [0.4, 0.5) is 0 Å². The Kier molecular flexibility index (Phi) is 7.76. The highest BCUT2D eigenvalue weighted by atomic mass is 35.5. The fourth-order valence-electron chi connectivity index (χ4n) is 1.90. The zero-order valence-corrected chi connectivity index (χ0v) is 15.5. The van der Waals surface area contributed by atoms with Gasteiger partial charge in [0.1, 0.15) is 0 Å². The highest BCUT2D eigenvalue weighted by Crippen LogP contribution is 2.23. The molecule has 0 unspecified atom stereocenters. The maximum absolute atomic E-state index is 12.0. The molecule has 1 aromatic rings. The second-order valence-corrected chi connectivity index (χ2v) is 8.00. The maximum atomic E-state index is 12.0. The van der Waals surface area contributed by atoms with E-state index in [9.17, 15) is 13.2 Å². The molecule has 0 saturated heterocycles. The van der Waals surface area contributed by atoms with Crippen LogP contribution in [0.15, 0.2) is 18.2 Å². The molecular formula is C14H20Cl2N2O4S. The highest BCUT2D eigenvalue weighted by molar-refractivity contribution is 7.88. The molecule has 23 heavy (non-hydrogen) atoms. The van der Waals surface area contributed by atoms with Gasteiger partial charge in [0.05, 0.1) is 29.5 Å². The molecule has 0 spiro atoms. The van der Waals surface area contributed by atoms with Crippen LogP contribution < -0.4 is 5.32 Å². The van der Waals surface area contributed by atoms with Crippen LogP contribution in [-0.2, 0) is 26.1 Å². The van der Waals surface area contributed by atoms with E-state index >= 15 is 0 Å². The fourth-order valence-corrected chi connectivity index (χ4v) is 2.96. The average molecular weight is 383 g/mol. The lowest BCUT2D eigenvalue weighted by atomic mass is 10.2. The van der Waals surface area contributed by atoms with Crippen LogP contribution >= 0.6 is 23.2 Å². The maximum Gasteiger partial charge on any atom is 0.235 e. The summed E-state index contributed by atoms with van der Waals surface area (Å²) in [6.07, 6.45) is 1.05. The first-order chi connectivity index (χ1) is 10.6. The van der Waals surface area contributed by atoms with E-state index in [4.69, 9.17) is 27.9 Å². The van der Waals surface area contributed by atoms with Crippen molar-refractivity contribution in [2.75, 3.05) is 26.5 Å².